The molecule has 0 atom stereocenters. The molecule has 0 spiro atoms. The molecule has 0 aromatic carbocycles. The minimum atomic E-state index is 0.153. The van der Waals surface area contributed by atoms with Crippen LogP contribution in [0, 0.1) is 5.92 Å². The van der Waals surface area contributed by atoms with Gasteiger partial charge in [0, 0.05) is 38.1 Å². The molecule has 24 heavy (non-hydrogen) atoms. The number of nitrogens with one attached hydrogen (secondary N) is 2. The molecule has 3 aliphatic rings. The van der Waals surface area contributed by atoms with Crippen molar-refractivity contribution in [3.05, 3.63) is 0 Å². The van der Waals surface area contributed by atoms with Crippen LogP contribution < -0.4 is 10.6 Å². The first-order valence-electron chi connectivity index (χ1n) is 9.73. The Morgan fingerprint density at radius 3 is 2.25 bits per heavy atom. The van der Waals surface area contributed by atoms with Crippen LogP contribution in [-0.2, 0) is 9.59 Å². The Morgan fingerprint density at radius 1 is 0.917 bits per heavy atom. The summed E-state index contributed by atoms with van der Waals surface area (Å²) in [6.45, 7) is 5.55. The molecule has 6 heteroatoms. The van der Waals surface area contributed by atoms with E-state index in [-0.39, 0.29) is 11.8 Å². The molecule has 1 aliphatic carbocycles. The van der Waals surface area contributed by atoms with Crippen LogP contribution in [0.1, 0.15) is 44.9 Å². The molecule has 2 heterocycles. The minimum Gasteiger partial charge on any atom is -0.352 e. The minimum absolute atomic E-state index is 0.153. The fourth-order valence-corrected chi connectivity index (χ4v) is 4.18. The number of piperidine rings is 1. The summed E-state index contributed by atoms with van der Waals surface area (Å²) in [5, 5.41) is 6.49. The van der Waals surface area contributed by atoms with E-state index in [4.69, 9.17) is 0 Å². The van der Waals surface area contributed by atoms with Crippen molar-refractivity contribution in [2.24, 2.45) is 5.92 Å². The molecule has 0 unspecified atom stereocenters. The van der Waals surface area contributed by atoms with Gasteiger partial charge in [0.05, 0.1) is 6.54 Å². The van der Waals surface area contributed by atoms with Crippen molar-refractivity contribution in [3.63, 3.8) is 0 Å². The van der Waals surface area contributed by atoms with E-state index in [0.29, 0.717) is 18.5 Å². The molecule has 0 aromatic heterocycles. The molecule has 3 fully saturated rings. The fourth-order valence-electron chi connectivity index (χ4n) is 4.18. The van der Waals surface area contributed by atoms with Crippen LogP contribution in [0.4, 0.5) is 0 Å². The van der Waals surface area contributed by atoms with Crippen LogP contribution in [0.15, 0.2) is 0 Å². The topological polar surface area (TPSA) is 64.7 Å². The van der Waals surface area contributed by atoms with Crippen LogP contribution in [0.3, 0.4) is 0 Å². The molecule has 1 saturated carbocycles. The van der Waals surface area contributed by atoms with E-state index >= 15 is 0 Å². The number of nitrogens with zero attached hydrogens (tertiary/aromatic N) is 2. The van der Waals surface area contributed by atoms with Crippen molar-refractivity contribution in [3.8, 4) is 0 Å². The second-order valence-electron chi connectivity index (χ2n) is 7.53. The van der Waals surface area contributed by atoms with Crippen molar-refractivity contribution in [2.75, 3.05) is 45.8 Å². The first-order chi connectivity index (χ1) is 11.7. The van der Waals surface area contributed by atoms with E-state index in [1.165, 1.54) is 19.3 Å². The summed E-state index contributed by atoms with van der Waals surface area (Å²) in [4.78, 5) is 28.9. The monoisotopic (exact) mass is 336 g/mol. The number of hydrogen-bond acceptors (Lipinski definition) is 4. The van der Waals surface area contributed by atoms with Gasteiger partial charge in [0.25, 0.3) is 0 Å². The smallest absolute Gasteiger partial charge is 0.234 e. The number of amides is 2. The first kappa shape index (κ1) is 17.7. The van der Waals surface area contributed by atoms with Crippen LogP contribution >= 0.6 is 0 Å². The first-order valence-corrected chi connectivity index (χ1v) is 9.73. The molecule has 0 radical (unpaired) electrons. The van der Waals surface area contributed by atoms with Crippen LogP contribution in [0.25, 0.3) is 0 Å². The van der Waals surface area contributed by atoms with Gasteiger partial charge in [-0.2, -0.15) is 0 Å². The highest BCUT2D eigenvalue weighted by molar-refractivity contribution is 5.79. The number of hydrogen-bond donors (Lipinski definition) is 2. The summed E-state index contributed by atoms with van der Waals surface area (Å²) in [7, 11) is 0. The molecule has 0 aromatic rings. The lowest BCUT2D eigenvalue weighted by Gasteiger charge is -2.37. The summed E-state index contributed by atoms with van der Waals surface area (Å²) >= 11 is 0. The summed E-state index contributed by atoms with van der Waals surface area (Å²) in [6, 6.07) is 0.383. The quantitative estimate of drug-likeness (QED) is 0.788. The predicted octanol–water partition coefficient (Wildman–Crippen LogP) is 0.579. The van der Waals surface area contributed by atoms with Crippen molar-refractivity contribution in [1.29, 1.82) is 0 Å². The second kappa shape index (κ2) is 8.81. The summed E-state index contributed by atoms with van der Waals surface area (Å²) in [5.41, 5.74) is 0. The Kier molecular flexibility index (Phi) is 6.49. The number of piperazine rings is 1. The zero-order valence-corrected chi connectivity index (χ0v) is 14.8. The molecule has 2 amide bonds. The van der Waals surface area contributed by atoms with E-state index < -0.39 is 0 Å². The lowest BCUT2D eigenvalue weighted by molar-refractivity contribution is -0.138. The molecule has 2 aliphatic heterocycles. The van der Waals surface area contributed by atoms with Gasteiger partial charge in [-0.25, -0.2) is 0 Å². The molecular weight excluding hydrogens is 304 g/mol. The number of rotatable bonds is 4. The van der Waals surface area contributed by atoms with Crippen molar-refractivity contribution < 1.29 is 9.59 Å². The largest absolute Gasteiger partial charge is 0.352 e. The SMILES string of the molecule is O=C(CN1CCN(C(=O)C2CCNCC2)CC1)NC1CCCCC1. The van der Waals surface area contributed by atoms with E-state index in [9.17, 15) is 9.59 Å². The molecule has 2 saturated heterocycles. The van der Waals surface area contributed by atoms with Crippen molar-refractivity contribution in [2.45, 2.75) is 51.0 Å². The predicted molar refractivity (Wildman–Crippen MR) is 93.6 cm³/mol. The van der Waals surface area contributed by atoms with Crippen LogP contribution in [-0.4, -0.2) is 73.5 Å². The highest BCUT2D eigenvalue weighted by Gasteiger charge is 2.29. The maximum Gasteiger partial charge on any atom is 0.234 e. The lowest BCUT2D eigenvalue weighted by Crippen LogP contribution is -2.53. The Labute approximate surface area is 145 Å². The third-order valence-electron chi connectivity index (χ3n) is 5.71. The maximum atomic E-state index is 12.5. The van der Waals surface area contributed by atoms with Crippen LogP contribution in [0.2, 0.25) is 0 Å². The summed E-state index contributed by atoms with van der Waals surface area (Å²) in [5.74, 6) is 0.676. The van der Waals surface area contributed by atoms with E-state index in [0.717, 1.165) is 65.0 Å². The van der Waals surface area contributed by atoms with Gasteiger partial charge in [0.1, 0.15) is 0 Å². The highest BCUT2D eigenvalue weighted by Crippen LogP contribution is 2.18. The van der Waals surface area contributed by atoms with Crippen LogP contribution in [0.5, 0.6) is 0 Å². The van der Waals surface area contributed by atoms with Crippen molar-refractivity contribution >= 4 is 11.8 Å². The van der Waals surface area contributed by atoms with Gasteiger partial charge in [-0.3, -0.25) is 14.5 Å². The molecule has 2 N–H and O–H groups in total. The Balaban J connectivity index is 1.36. The average molecular weight is 336 g/mol. The zero-order valence-electron chi connectivity index (χ0n) is 14.8. The average Bonchev–Trinajstić information content (AvgIpc) is 2.63. The van der Waals surface area contributed by atoms with Gasteiger partial charge >= 0.3 is 0 Å². The summed E-state index contributed by atoms with van der Waals surface area (Å²) in [6.07, 6.45) is 7.96. The molecule has 6 nitrogen and oxygen atoms in total. The van der Waals surface area contributed by atoms with Gasteiger partial charge in [-0.05, 0) is 38.8 Å². The molecular formula is C18H32N4O2. The molecule has 136 valence electrons. The van der Waals surface area contributed by atoms with E-state index in [2.05, 4.69) is 15.5 Å². The van der Waals surface area contributed by atoms with Gasteiger partial charge in [-0.15, -0.1) is 0 Å². The van der Waals surface area contributed by atoms with Gasteiger partial charge in [-0.1, -0.05) is 19.3 Å². The van der Waals surface area contributed by atoms with E-state index in [1.807, 2.05) is 4.90 Å². The lowest BCUT2D eigenvalue weighted by atomic mass is 9.95. The standard InChI is InChI=1S/C18H32N4O2/c23-17(20-16-4-2-1-3-5-16)14-21-10-12-22(13-11-21)18(24)15-6-8-19-9-7-15/h15-16,19H,1-14H2,(H,20,23). The zero-order chi connectivity index (χ0) is 16.8. The molecule has 3 rings (SSSR count). The Hall–Kier alpha value is -1.14. The third-order valence-corrected chi connectivity index (χ3v) is 5.71. The number of carbonyl (C=O) groups excluding carboxylic acids is 2. The van der Waals surface area contributed by atoms with Gasteiger partial charge in [0.2, 0.25) is 11.8 Å². The number of carbonyl (C=O) groups is 2. The maximum absolute atomic E-state index is 12.5. The van der Waals surface area contributed by atoms with Gasteiger partial charge in [0.15, 0.2) is 0 Å². The van der Waals surface area contributed by atoms with Gasteiger partial charge < -0.3 is 15.5 Å². The summed E-state index contributed by atoms with van der Waals surface area (Å²) < 4.78 is 0. The fraction of sp³-hybridized carbons (Fsp3) is 0.889. The highest BCUT2D eigenvalue weighted by atomic mass is 16.2. The second-order valence-corrected chi connectivity index (χ2v) is 7.53. The van der Waals surface area contributed by atoms with E-state index in [1.54, 1.807) is 0 Å². The van der Waals surface area contributed by atoms with Crippen molar-refractivity contribution in [1.82, 2.24) is 20.4 Å². The Bertz CT molecular complexity index is 423. The molecule has 0 bridgehead atoms. The normalized spacial score (nSPS) is 24.8. The third kappa shape index (κ3) is 4.93. The Morgan fingerprint density at radius 2 is 1.58 bits per heavy atom.